The number of carbonyl (C=O) groups excluding carboxylic acids is 1. The number of Topliss-reactive ketones (excluding diaryl/α,β-unsaturated/α-hetero) is 1. The Balaban J connectivity index is 1.76. The number of aliphatic hydroxyl groups is 1. The molecule has 1 aromatic carbocycles. The molecule has 1 saturated carbocycles. The normalized spacial score (nSPS) is 25.9. The second-order valence-corrected chi connectivity index (χ2v) is 6.31. The third-order valence-corrected chi connectivity index (χ3v) is 4.62. The van der Waals surface area contributed by atoms with Crippen molar-refractivity contribution in [2.75, 3.05) is 0 Å². The van der Waals surface area contributed by atoms with Gasteiger partial charge in [-0.1, -0.05) is 31.2 Å². The molecule has 0 radical (unpaired) electrons. The number of aromatic nitrogens is 1. The number of pyridine rings is 1. The molecular weight excluding hydrogens is 262 g/mol. The van der Waals surface area contributed by atoms with Crippen molar-refractivity contribution in [2.24, 2.45) is 5.92 Å². The van der Waals surface area contributed by atoms with Crippen molar-refractivity contribution in [3.8, 4) is 0 Å². The van der Waals surface area contributed by atoms with Crippen LogP contribution in [0.15, 0.2) is 36.4 Å². The fourth-order valence-electron chi connectivity index (χ4n) is 3.05. The van der Waals surface area contributed by atoms with Crippen molar-refractivity contribution in [1.82, 2.24) is 4.98 Å². The summed E-state index contributed by atoms with van der Waals surface area (Å²) in [6.07, 6.45) is 3.23. The highest BCUT2D eigenvalue weighted by Crippen LogP contribution is 2.33. The summed E-state index contributed by atoms with van der Waals surface area (Å²) < 4.78 is 0. The van der Waals surface area contributed by atoms with Gasteiger partial charge in [0.1, 0.15) is 5.60 Å². The lowest BCUT2D eigenvalue weighted by Crippen LogP contribution is -2.42. The Bertz CT molecular complexity index is 657. The number of para-hydroxylation sites is 1. The molecule has 1 aliphatic carbocycles. The van der Waals surface area contributed by atoms with Gasteiger partial charge in [0.05, 0.1) is 11.9 Å². The quantitative estimate of drug-likeness (QED) is 0.940. The van der Waals surface area contributed by atoms with E-state index in [1.807, 2.05) is 36.4 Å². The summed E-state index contributed by atoms with van der Waals surface area (Å²) in [5, 5.41) is 11.6. The average Bonchev–Trinajstić information content (AvgIpc) is 2.50. The zero-order valence-electron chi connectivity index (χ0n) is 12.4. The van der Waals surface area contributed by atoms with Crippen molar-refractivity contribution < 1.29 is 9.90 Å². The molecule has 1 aromatic heterocycles. The molecule has 2 aromatic rings. The highest BCUT2D eigenvalue weighted by molar-refractivity contribution is 5.89. The van der Waals surface area contributed by atoms with Gasteiger partial charge in [-0.25, -0.2) is 0 Å². The van der Waals surface area contributed by atoms with Crippen LogP contribution in [0.3, 0.4) is 0 Å². The van der Waals surface area contributed by atoms with Crippen molar-refractivity contribution in [3.05, 3.63) is 42.1 Å². The summed E-state index contributed by atoms with van der Waals surface area (Å²) in [4.78, 5) is 17.0. The highest BCUT2D eigenvalue weighted by Gasteiger charge is 2.38. The molecule has 0 aliphatic heterocycles. The minimum Gasteiger partial charge on any atom is -0.382 e. The van der Waals surface area contributed by atoms with Crippen molar-refractivity contribution >= 4 is 16.7 Å². The monoisotopic (exact) mass is 283 g/mol. The Morgan fingerprint density at radius 3 is 2.71 bits per heavy atom. The average molecular weight is 283 g/mol. The first-order valence-corrected chi connectivity index (χ1v) is 7.67. The second kappa shape index (κ2) is 5.57. The fourth-order valence-corrected chi connectivity index (χ4v) is 3.05. The number of rotatable bonds is 3. The van der Waals surface area contributed by atoms with Crippen LogP contribution in [0.4, 0.5) is 0 Å². The van der Waals surface area contributed by atoms with Crippen LogP contribution in [-0.4, -0.2) is 21.5 Å². The minimum atomic E-state index is -1.14. The van der Waals surface area contributed by atoms with Crippen LogP contribution in [0.1, 0.15) is 38.3 Å². The van der Waals surface area contributed by atoms with Crippen LogP contribution < -0.4 is 0 Å². The molecule has 3 nitrogen and oxygen atoms in total. The molecular formula is C18H21NO2. The van der Waals surface area contributed by atoms with E-state index in [1.54, 1.807) is 0 Å². The van der Waals surface area contributed by atoms with E-state index in [1.165, 1.54) is 0 Å². The Morgan fingerprint density at radius 1 is 1.24 bits per heavy atom. The summed E-state index contributed by atoms with van der Waals surface area (Å²) >= 11 is 0. The predicted molar refractivity (Wildman–Crippen MR) is 83.0 cm³/mol. The van der Waals surface area contributed by atoms with Gasteiger partial charge < -0.3 is 5.11 Å². The van der Waals surface area contributed by atoms with E-state index in [0.29, 0.717) is 18.8 Å². The lowest BCUT2D eigenvalue weighted by molar-refractivity contribution is -0.140. The van der Waals surface area contributed by atoms with Gasteiger partial charge >= 0.3 is 0 Å². The third-order valence-electron chi connectivity index (χ3n) is 4.62. The van der Waals surface area contributed by atoms with E-state index >= 15 is 0 Å². The smallest absolute Gasteiger partial charge is 0.170 e. The summed E-state index contributed by atoms with van der Waals surface area (Å²) in [6.45, 7) is 2.18. The molecule has 1 fully saturated rings. The Hall–Kier alpha value is -1.74. The Labute approximate surface area is 125 Å². The lowest BCUT2D eigenvalue weighted by atomic mass is 9.76. The predicted octanol–water partition coefficient (Wildman–Crippen LogP) is 3.29. The van der Waals surface area contributed by atoms with E-state index in [4.69, 9.17) is 0 Å². The molecule has 21 heavy (non-hydrogen) atoms. The van der Waals surface area contributed by atoms with E-state index in [2.05, 4.69) is 11.9 Å². The Kier molecular flexibility index (Phi) is 3.77. The lowest BCUT2D eigenvalue weighted by Gasteiger charge is -2.33. The van der Waals surface area contributed by atoms with Gasteiger partial charge in [-0.3, -0.25) is 9.78 Å². The molecule has 0 spiro atoms. The number of fused-ring (bicyclic) bond motifs is 1. The molecule has 0 amide bonds. The number of hydrogen-bond acceptors (Lipinski definition) is 3. The van der Waals surface area contributed by atoms with Crippen molar-refractivity contribution in [2.45, 2.75) is 44.6 Å². The molecule has 0 bridgehead atoms. The molecule has 0 saturated heterocycles. The largest absolute Gasteiger partial charge is 0.382 e. The SMILES string of the molecule is CC1CCC(O)(C(=O)Cc2ccc3ccccc3n2)CC1. The first-order valence-electron chi connectivity index (χ1n) is 7.67. The summed E-state index contributed by atoms with van der Waals surface area (Å²) in [6, 6.07) is 11.7. The number of benzene rings is 1. The number of carbonyl (C=O) groups is 1. The maximum absolute atomic E-state index is 12.4. The van der Waals surface area contributed by atoms with E-state index < -0.39 is 5.60 Å². The molecule has 1 N–H and O–H groups in total. The van der Waals surface area contributed by atoms with Gasteiger partial charge in [-0.15, -0.1) is 0 Å². The van der Waals surface area contributed by atoms with Crippen LogP contribution in [0.2, 0.25) is 0 Å². The standard InChI is InChI=1S/C18H21NO2/c1-13-8-10-18(21,11-9-13)17(20)12-15-7-6-14-4-2-3-5-16(14)19-15/h2-7,13,21H,8-12H2,1H3. The molecule has 3 rings (SSSR count). The first kappa shape index (κ1) is 14.2. The van der Waals surface area contributed by atoms with Gasteiger partial charge in [0, 0.05) is 11.1 Å². The van der Waals surface area contributed by atoms with E-state index in [9.17, 15) is 9.90 Å². The van der Waals surface area contributed by atoms with Gasteiger partial charge in [-0.05, 0) is 43.7 Å². The first-order chi connectivity index (χ1) is 10.1. The summed E-state index contributed by atoms with van der Waals surface area (Å²) in [5.41, 5.74) is 0.498. The van der Waals surface area contributed by atoms with Gasteiger partial charge in [0.2, 0.25) is 0 Å². The number of hydrogen-bond donors (Lipinski definition) is 1. The van der Waals surface area contributed by atoms with Crippen molar-refractivity contribution in [3.63, 3.8) is 0 Å². The van der Waals surface area contributed by atoms with Gasteiger partial charge in [-0.2, -0.15) is 0 Å². The molecule has 0 atom stereocenters. The van der Waals surface area contributed by atoms with Gasteiger partial charge in [0.15, 0.2) is 5.78 Å². The highest BCUT2D eigenvalue weighted by atomic mass is 16.3. The Morgan fingerprint density at radius 2 is 1.95 bits per heavy atom. The maximum atomic E-state index is 12.4. The number of nitrogens with zero attached hydrogens (tertiary/aromatic N) is 1. The second-order valence-electron chi connectivity index (χ2n) is 6.31. The van der Waals surface area contributed by atoms with Crippen LogP contribution in [0, 0.1) is 5.92 Å². The molecule has 0 unspecified atom stereocenters. The van der Waals surface area contributed by atoms with Crippen LogP contribution in [0.5, 0.6) is 0 Å². The molecule has 1 aliphatic rings. The van der Waals surface area contributed by atoms with Crippen LogP contribution in [0.25, 0.3) is 10.9 Å². The van der Waals surface area contributed by atoms with E-state index in [-0.39, 0.29) is 12.2 Å². The summed E-state index contributed by atoms with van der Waals surface area (Å²) in [7, 11) is 0. The van der Waals surface area contributed by atoms with Crippen molar-refractivity contribution in [1.29, 1.82) is 0 Å². The topological polar surface area (TPSA) is 50.2 Å². The summed E-state index contributed by atoms with van der Waals surface area (Å²) in [5.74, 6) is 0.522. The zero-order chi connectivity index (χ0) is 14.9. The minimum absolute atomic E-state index is 0.0859. The zero-order valence-corrected chi connectivity index (χ0v) is 12.4. The molecule has 3 heteroatoms. The van der Waals surface area contributed by atoms with Crippen LogP contribution in [-0.2, 0) is 11.2 Å². The maximum Gasteiger partial charge on any atom is 0.170 e. The van der Waals surface area contributed by atoms with E-state index in [0.717, 1.165) is 29.4 Å². The molecule has 1 heterocycles. The fraction of sp³-hybridized carbons (Fsp3) is 0.444. The molecule has 110 valence electrons. The van der Waals surface area contributed by atoms with Crippen LogP contribution >= 0.6 is 0 Å². The third kappa shape index (κ3) is 2.98. The van der Waals surface area contributed by atoms with Gasteiger partial charge in [0.25, 0.3) is 0 Å². The number of ketones is 1.